The molecule has 0 aliphatic heterocycles. The van der Waals surface area contributed by atoms with E-state index in [9.17, 15) is 4.79 Å². The van der Waals surface area contributed by atoms with Crippen molar-refractivity contribution >= 4 is 17.2 Å². The molecule has 0 aliphatic carbocycles. The maximum atomic E-state index is 11.4. The number of aromatic nitrogens is 1. The molecule has 1 amide bonds. The maximum Gasteiger partial charge on any atom is 0.300 e. The van der Waals surface area contributed by atoms with Crippen molar-refractivity contribution in [1.29, 1.82) is 0 Å². The summed E-state index contributed by atoms with van der Waals surface area (Å²) in [4.78, 5) is 17.7. The Balaban J connectivity index is 2.02. The minimum absolute atomic E-state index is 0.233. The van der Waals surface area contributed by atoms with Crippen LogP contribution in [0.4, 0.5) is 0 Å². The summed E-state index contributed by atoms with van der Waals surface area (Å²) < 4.78 is 5.37. The topological polar surface area (TPSA) is 84.4 Å². The Labute approximate surface area is 115 Å². The van der Waals surface area contributed by atoms with Crippen LogP contribution in [-0.2, 0) is 13.1 Å². The van der Waals surface area contributed by atoms with Gasteiger partial charge in [-0.25, -0.2) is 10.8 Å². The summed E-state index contributed by atoms with van der Waals surface area (Å²) in [5.41, 5.74) is 5.88. The molecule has 2 aromatic heterocycles. The number of rotatable bonds is 5. The van der Waals surface area contributed by atoms with Crippen molar-refractivity contribution in [3.05, 3.63) is 39.7 Å². The van der Waals surface area contributed by atoms with Crippen LogP contribution in [0.5, 0.6) is 0 Å². The largest absolute Gasteiger partial charge is 0.456 e. The molecule has 0 atom stereocenters. The maximum absolute atomic E-state index is 11.4. The summed E-state index contributed by atoms with van der Waals surface area (Å²) in [7, 11) is 1.99. The normalized spacial score (nSPS) is 10.9. The second kappa shape index (κ2) is 5.96. The summed E-state index contributed by atoms with van der Waals surface area (Å²) in [5.74, 6) is 5.62. The standard InChI is InChI=1S/C12H16N4O2S/c1-8-9(3-11(18-8)12(17)15-13)4-16(2)5-10-6-19-7-14-10/h3,6-7H,4-5,13H2,1-2H3,(H,15,17). The SMILES string of the molecule is Cc1oc(C(=O)NN)cc1CN(C)Cc1cscn1. The number of nitrogens with two attached hydrogens (primary N) is 1. The Morgan fingerprint density at radius 1 is 1.58 bits per heavy atom. The van der Waals surface area contributed by atoms with Crippen LogP contribution >= 0.6 is 11.3 Å². The molecule has 0 fully saturated rings. The van der Waals surface area contributed by atoms with Gasteiger partial charge >= 0.3 is 5.91 Å². The van der Waals surface area contributed by atoms with E-state index in [4.69, 9.17) is 10.3 Å². The van der Waals surface area contributed by atoms with Crippen LogP contribution in [0.3, 0.4) is 0 Å². The van der Waals surface area contributed by atoms with E-state index in [0.717, 1.165) is 23.6 Å². The number of aryl methyl sites for hydroxylation is 1. The van der Waals surface area contributed by atoms with Gasteiger partial charge in [0.05, 0.1) is 11.2 Å². The number of furan rings is 1. The van der Waals surface area contributed by atoms with Gasteiger partial charge in [-0.2, -0.15) is 0 Å². The van der Waals surface area contributed by atoms with Gasteiger partial charge in [-0.05, 0) is 20.0 Å². The van der Waals surface area contributed by atoms with Gasteiger partial charge in [0.25, 0.3) is 0 Å². The Bertz CT molecular complexity index is 550. The summed E-state index contributed by atoms with van der Waals surface area (Å²) in [6, 6.07) is 1.72. The fourth-order valence-electron chi connectivity index (χ4n) is 1.80. The van der Waals surface area contributed by atoms with Crippen LogP contribution in [0.25, 0.3) is 0 Å². The van der Waals surface area contributed by atoms with Crippen molar-refractivity contribution in [1.82, 2.24) is 15.3 Å². The predicted molar refractivity (Wildman–Crippen MR) is 72.4 cm³/mol. The van der Waals surface area contributed by atoms with Crippen LogP contribution in [0.2, 0.25) is 0 Å². The third-order valence-corrected chi connectivity index (χ3v) is 3.37. The van der Waals surface area contributed by atoms with Crippen molar-refractivity contribution in [2.75, 3.05) is 7.05 Å². The third-order valence-electron chi connectivity index (χ3n) is 2.73. The molecule has 0 aliphatic rings. The second-order valence-corrected chi connectivity index (χ2v) is 5.04. The van der Waals surface area contributed by atoms with E-state index < -0.39 is 5.91 Å². The molecule has 0 saturated carbocycles. The summed E-state index contributed by atoms with van der Waals surface area (Å²) in [6.07, 6.45) is 0. The van der Waals surface area contributed by atoms with Crippen LogP contribution in [0.15, 0.2) is 21.4 Å². The Morgan fingerprint density at radius 2 is 2.37 bits per heavy atom. The molecule has 19 heavy (non-hydrogen) atoms. The molecule has 6 nitrogen and oxygen atoms in total. The lowest BCUT2D eigenvalue weighted by atomic mass is 10.2. The van der Waals surface area contributed by atoms with Crippen molar-refractivity contribution in [3.63, 3.8) is 0 Å². The molecular weight excluding hydrogens is 264 g/mol. The highest BCUT2D eigenvalue weighted by Crippen LogP contribution is 2.17. The monoisotopic (exact) mass is 280 g/mol. The molecule has 0 radical (unpaired) electrons. The number of nitrogen functional groups attached to an aromatic ring is 1. The number of carbonyl (C=O) groups is 1. The molecule has 0 unspecified atom stereocenters. The molecule has 2 rings (SSSR count). The average Bonchev–Trinajstić information content (AvgIpc) is 2.99. The third kappa shape index (κ3) is 3.40. The lowest BCUT2D eigenvalue weighted by molar-refractivity contribution is 0.0924. The van der Waals surface area contributed by atoms with Crippen molar-refractivity contribution in [3.8, 4) is 0 Å². The number of nitrogens with zero attached hydrogens (tertiary/aromatic N) is 2. The van der Waals surface area contributed by atoms with E-state index in [1.54, 1.807) is 17.4 Å². The van der Waals surface area contributed by atoms with Gasteiger partial charge in [-0.3, -0.25) is 15.1 Å². The van der Waals surface area contributed by atoms with E-state index in [-0.39, 0.29) is 5.76 Å². The Kier molecular flexibility index (Phi) is 4.31. The summed E-state index contributed by atoms with van der Waals surface area (Å²) in [5, 5.41) is 2.02. The Morgan fingerprint density at radius 3 is 3.00 bits per heavy atom. The smallest absolute Gasteiger partial charge is 0.300 e. The van der Waals surface area contributed by atoms with Crippen molar-refractivity contribution < 1.29 is 9.21 Å². The van der Waals surface area contributed by atoms with Gasteiger partial charge in [0.15, 0.2) is 5.76 Å². The van der Waals surface area contributed by atoms with E-state index in [2.05, 4.69) is 15.3 Å². The highest BCUT2D eigenvalue weighted by Gasteiger charge is 2.14. The fraction of sp³-hybridized carbons (Fsp3) is 0.333. The van der Waals surface area contributed by atoms with Crippen LogP contribution < -0.4 is 11.3 Å². The van der Waals surface area contributed by atoms with E-state index in [1.807, 2.05) is 24.9 Å². The van der Waals surface area contributed by atoms with E-state index >= 15 is 0 Å². The number of hydrogen-bond acceptors (Lipinski definition) is 6. The van der Waals surface area contributed by atoms with E-state index in [1.165, 1.54) is 0 Å². The molecule has 102 valence electrons. The predicted octanol–water partition coefficient (Wildman–Crippen LogP) is 1.28. The molecule has 3 N–H and O–H groups in total. The first-order chi connectivity index (χ1) is 9.10. The average molecular weight is 280 g/mol. The number of hydrogen-bond donors (Lipinski definition) is 2. The molecule has 0 saturated heterocycles. The fourth-order valence-corrected chi connectivity index (χ4v) is 2.35. The van der Waals surface area contributed by atoms with Gasteiger partial charge in [-0.15, -0.1) is 11.3 Å². The first-order valence-electron chi connectivity index (χ1n) is 5.76. The zero-order chi connectivity index (χ0) is 13.8. The zero-order valence-electron chi connectivity index (χ0n) is 10.8. The summed E-state index contributed by atoms with van der Waals surface area (Å²) >= 11 is 1.58. The quantitative estimate of drug-likeness (QED) is 0.489. The van der Waals surface area contributed by atoms with Gasteiger partial charge in [-0.1, -0.05) is 0 Å². The lowest BCUT2D eigenvalue weighted by Crippen LogP contribution is -2.29. The molecule has 0 bridgehead atoms. The molecule has 0 aromatic carbocycles. The minimum atomic E-state index is -0.420. The van der Waals surface area contributed by atoms with E-state index in [0.29, 0.717) is 6.54 Å². The first kappa shape index (κ1) is 13.7. The minimum Gasteiger partial charge on any atom is -0.456 e. The number of carbonyl (C=O) groups excluding carboxylic acids is 1. The highest BCUT2D eigenvalue weighted by atomic mass is 32.1. The van der Waals surface area contributed by atoms with Crippen LogP contribution in [0.1, 0.15) is 27.6 Å². The zero-order valence-corrected chi connectivity index (χ0v) is 11.7. The number of nitrogens with one attached hydrogen (secondary N) is 1. The molecule has 2 heterocycles. The molecule has 7 heteroatoms. The highest BCUT2D eigenvalue weighted by molar-refractivity contribution is 7.07. The number of hydrazine groups is 1. The van der Waals surface area contributed by atoms with Crippen LogP contribution in [-0.4, -0.2) is 22.8 Å². The summed E-state index contributed by atoms with van der Waals surface area (Å²) in [6.45, 7) is 3.27. The molecule has 2 aromatic rings. The molecule has 0 spiro atoms. The molecular formula is C12H16N4O2S. The van der Waals surface area contributed by atoms with Crippen LogP contribution in [0, 0.1) is 6.92 Å². The van der Waals surface area contributed by atoms with Crippen molar-refractivity contribution in [2.45, 2.75) is 20.0 Å². The Hall–Kier alpha value is -1.70. The van der Waals surface area contributed by atoms with Gasteiger partial charge < -0.3 is 4.42 Å². The van der Waals surface area contributed by atoms with Crippen molar-refractivity contribution in [2.24, 2.45) is 5.84 Å². The van der Waals surface area contributed by atoms with Gasteiger partial charge in [0.2, 0.25) is 0 Å². The van der Waals surface area contributed by atoms with Gasteiger partial charge in [0, 0.05) is 24.0 Å². The lowest BCUT2D eigenvalue weighted by Gasteiger charge is -2.14. The number of amides is 1. The first-order valence-corrected chi connectivity index (χ1v) is 6.70. The van der Waals surface area contributed by atoms with Gasteiger partial charge in [0.1, 0.15) is 5.76 Å². The number of thiazole rings is 1. The second-order valence-electron chi connectivity index (χ2n) is 4.32.